The van der Waals surface area contributed by atoms with Gasteiger partial charge in [-0.05, 0) is 42.2 Å². The van der Waals surface area contributed by atoms with Gasteiger partial charge in [0.1, 0.15) is 12.3 Å². The Morgan fingerprint density at radius 2 is 2.00 bits per heavy atom. The number of benzene rings is 2. The summed E-state index contributed by atoms with van der Waals surface area (Å²) in [5.41, 5.74) is 7.26. The fraction of sp³-hybridized carbons (Fsp3) is 0.333. The van der Waals surface area contributed by atoms with Gasteiger partial charge in [0.25, 0.3) is 0 Å². The summed E-state index contributed by atoms with van der Waals surface area (Å²) in [5.74, 6) is -2.09. The van der Waals surface area contributed by atoms with Crippen molar-refractivity contribution in [2.75, 3.05) is 25.9 Å². The predicted molar refractivity (Wildman–Crippen MR) is 124 cm³/mol. The molecule has 1 aliphatic rings. The highest BCUT2D eigenvalue weighted by atomic mass is 16.5. The Bertz CT molecular complexity index is 1100. The Labute approximate surface area is 197 Å². The number of amides is 4. The monoisotopic (exact) mass is 468 g/mol. The molecule has 3 rings (SSSR count). The van der Waals surface area contributed by atoms with Gasteiger partial charge in [0.15, 0.2) is 0 Å². The zero-order valence-electron chi connectivity index (χ0n) is 19.0. The van der Waals surface area contributed by atoms with Crippen molar-refractivity contribution in [3.8, 4) is 5.75 Å². The molecule has 10 heteroatoms. The molecule has 2 atom stereocenters. The Kier molecular flexibility index (Phi) is 7.72. The molecule has 0 aromatic heterocycles. The molecule has 0 spiro atoms. The highest BCUT2D eigenvalue weighted by Gasteiger charge is 2.35. The van der Waals surface area contributed by atoms with E-state index >= 15 is 0 Å². The van der Waals surface area contributed by atoms with Gasteiger partial charge in [0.05, 0.1) is 24.6 Å². The molecule has 1 heterocycles. The molecule has 1 saturated heterocycles. The third kappa shape index (κ3) is 5.45. The Hall–Kier alpha value is -4.08. The number of methoxy groups -OCH3 is 1. The van der Waals surface area contributed by atoms with E-state index in [4.69, 9.17) is 10.5 Å². The lowest BCUT2D eigenvalue weighted by atomic mass is 9.97. The standard InChI is InChI=1S/C24H28N4O6/c1-3-19(14-8-9-17(23(31)32)18(25)11-14)27-24(33)28-13-21(29)26-12-16(22(28)30)10-15-6-4-5-7-20(15)34-2/h4-9,11,16,19H,3,10,12-13,25H2,1-2H3,(H,26,29)(H,27,33)(H,31,32)/t16-,19-/m1/s1. The summed E-state index contributed by atoms with van der Waals surface area (Å²) in [5, 5.41) is 14.6. The van der Waals surface area contributed by atoms with Gasteiger partial charge >= 0.3 is 12.0 Å². The molecule has 2 aromatic carbocycles. The van der Waals surface area contributed by atoms with Crippen LogP contribution in [-0.4, -0.2) is 54.0 Å². The number of urea groups is 1. The average Bonchev–Trinajstić information content (AvgIpc) is 2.96. The van der Waals surface area contributed by atoms with Gasteiger partial charge in [-0.3, -0.25) is 14.5 Å². The van der Waals surface area contributed by atoms with Crippen molar-refractivity contribution in [1.29, 1.82) is 0 Å². The number of carbonyl (C=O) groups excluding carboxylic acids is 3. The number of aromatic carboxylic acids is 1. The molecule has 0 radical (unpaired) electrons. The van der Waals surface area contributed by atoms with Gasteiger partial charge in [0, 0.05) is 12.2 Å². The number of hydrogen-bond donors (Lipinski definition) is 4. The second-order valence-corrected chi connectivity index (χ2v) is 8.00. The van der Waals surface area contributed by atoms with Crippen LogP contribution in [0.15, 0.2) is 42.5 Å². The molecular weight excluding hydrogens is 440 g/mol. The zero-order chi connectivity index (χ0) is 24.8. The quantitative estimate of drug-likeness (QED) is 0.453. The predicted octanol–water partition coefficient (Wildman–Crippen LogP) is 1.95. The molecule has 0 aliphatic carbocycles. The smallest absolute Gasteiger partial charge is 0.337 e. The van der Waals surface area contributed by atoms with Crippen LogP contribution >= 0.6 is 0 Å². The number of rotatable bonds is 7. The van der Waals surface area contributed by atoms with Crippen molar-refractivity contribution in [3.63, 3.8) is 0 Å². The number of carboxylic acid groups (broad SMARTS) is 1. The third-order valence-corrected chi connectivity index (χ3v) is 5.78. The molecule has 180 valence electrons. The number of nitrogen functional groups attached to an aromatic ring is 1. The number of nitrogens with two attached hydrogens (primary N) is 1. The maximum Gasteiger partial charge on any atom is 0.337 e. The Balaban J connectivity index is 1.79. The minimum absolute atomic E-state index is 0.0384. The maximum absolute atomic E-state index is 13.3. The summed E-state index contributed by atoms with van der Waals surface area (Å²) in [6, 6.07) is 10.4. The maximum atomic E-state index is 13.3. The van der Waals surface area contributed by atoms with Gasteiger partial charge in [0.2, 0.25) is 11.8 Å². The van der Waals surface area contributed by atoms with Crippen LogP contribution in [0.2, 0.25) is 0 Å². The van der Waals surface area contributed by atoms with E-state index in [1.165, 1.54) is 19.2 Å². The van der Waals surface area contributed by atoms with Crippen molar-refractivity contribution in [3.05, 3.63) is 59.2 Å². The molecule has 0 saturated carbocycles. The van der Waals surface area contributed by atoms with E-state index in [9.17, 15) is 24.3 Å². The zero-order valence-corrected chi connectivity index (χ0v) is 19.0. The molecule has 5 N–H and O–H groups in total. The van der Waals surface area contributed by atoms with Crippen LogP contribution in [0.1, 0.15) is 40.9 Å². The minimum Gasteiger partial charge on any atom is -0.496 e. The van der Waals surface area contributed by atoms with Crippen LogP contribution in [0, 0.1) is 5.92 Å². The molecule has 0 bridgehead atoms. The summed E-state index contributed by atoms with van der Waals surface area (Å²) < 4.78 is 5.36. The van der Waals surface area contributed by atoms with Crippen LogP contribution in [0.5, 0.6) is 5.75 Å². The summed E-state index contributed by atoms with van der Waals surface area (Å²) >= 11 is 0. The fourth-order valence-corrected chi connectivity index (χ4v) is 3.93. The fourth-order valence-electron chi connectivity index (χ4n) is 3.93. The van der Waals surface area contributed by atoms with Gasteiger partial charge in [-0.25, -0.2) is 9.59 Å². The van der Waals surface area contributed by atoms with Crippen LogP contribution in [-0.2, 0) is 16.0 Å². The highest BCUT2D eigenvalue weighted by molar-refractivity contribution is 6.01. The van der Waals surface area contributed by atoms with Crippen LogP contribution in [0.4, 0.5) is 10.5 Å². The number of carbonyl (C=O) groups is 4. The topological polar surface area (TPSA) is 151 Å². The number of nitrogens with one attached hydrogen (secondary N) is 2. The molecule has 0 unspecified atom stereocenters. The molecule has 10 nitrogen and oxygen atoms in total. The molecule has 2 aromatic rings. The van der Waals surface area contributed by atoms with Crippen LogP contribution in [0.3, 0.4) is 0 Å². The number of imide groups is 1. The molecular formula is C24H28N4O6. The van der Waals surface area contributed by atoms with E-state index in [1.54, 1.807) is 12.1 Å². The number of carboxylic acids is 1. The first kappa shape index (κ1) is 24.6. The van der Waals surface area contributed by atoms with E-state index < -0.39 is 42.3 Å². The minimum atomic E-state index is -1.15. The number of anilines is 1. The Morgan fingerprint density at radius 1 is 1.26 bits per heavy atom. The second-order valence-electron chi connectivity index (χ2n) is 8.00. The highest BCUT2D eigenvalue weighted by Crippen LogP contribution is 2.25. The lowest BCUT2D eigenvalue weighted by Gasteiger charge is -2.25. The number of hydrogen-bond acceptors (Lipinski definition) is 6. The first-order valence-corrected chi connectivity index (χ1v) is 10.9. The van der Waals surface area contributed by atoms with Crippen molar-refractivity contribution in [2.24, 2.45) is 5.92 Å². The first-order chi connectivity index (χ1) is 16.2. The van der Waals surface area contributed by atoms with Crippen LogP contribution in [0.25, 0.3) is 0 Å². The SMILES string of the molecule is CC[C@@H](NC(=O)N1CC(=O)NC[C@@H](Cc2ccccc2OC)C1=O)c1ccc(C(=O)O)c(N)c1. The van der Waals surface area contributed by atoms with E-state index in [0.29, 0.717) is 17.7 Å². The lowest BCUT2D eigenvalue weighted by molar-refractivity contribution is -0.133. The Morgan fingerprint density at radius 3 is 2.65 bits per heavy atom. The van der Waals surface area contributed by atoms with Gasteiger partial charge < -0.3 is 26.2 Å². The van der Waals surface area contributed by atoms with Gasteiger partial charge in [-0.2, -0.15) is 0 Å². The second kappa shape index (κ2) is 10.7. The van der Waals surface area contributed by atoms with Gasteiger partial charge in [-0.1, -0.05) is 31.2 Å². The number of para-hydroxylation sites is 1. The summed E-state index contributed by atoms with van der Waals surface area (Å²) in [6.07, 6.45) is 0.744. The van der Waals surface area contributed by atoms with Crippen molar-refractivity contribution < 1.29 is 29.0 Å². The number of nitrogens with zero attached hydrogens (tertiary/aromatic N) is 1. The van der Waals surface area contributed by atoms with E-state index in [2.05, 4.69) is 10.6 Å². The first-order valence-electron chi connectivity index (χ1n) is 10.9. The summed E-state index contributed by atoms with van der Waals surface area (Å²) in [4.78, 5) is 50.7. The summed E-state index contributed by atoms with van der Waals surface area (Å²) in [6.45, 7) is 1.53. The van der Waals surface area contributed by atoms with E-state index in [-0.39, 0.29) is 24.2 Å². The molecule has 34 heavy (non-hydrogen) atoms. The van der Waals surface area contributed by atoms with Crippen LogP contribution < -0.4 is 21.1 Å². The lowest BCUT2D eigenvalue weighted by Crippen LogP contribution is -2.48. The summed E-state index contributed by atoms with van der Waals surface area (Å²) in [7, 11) is 1.54. The average molecular weight is 469 g/mol. The number of ether oxygens (including phenoxy) is 1. The van der Waals surface area contributed by atoms with Crippen molar-refractivity contribution in [2.45, 2.75) is 25.8 Å². The van der Waals surface area contributed by atoms with Crippen molar-refractivity contribution >= 4 is 29.5 Å². The largest absolute Gasteiger partial charge is 0.496 e. The molecule has 1 aliphatic heterocycles. The third-order valence-electron chi connectivity index (χ3n) is 5.78. The van der Waals surface area contributed by atoms with E-state index in [0.717, 1.165) is 10.5 Å². The molecule has 4 amide bonds. The molecule has 1 fully saturated rings. The van der Waals surface area contributed by atoms with Crippen molar-refractivity contribution in [1.82, 2.24) is 15.5 Å². The normalized spacial score (nSPS) is 16.9. The van der Waals surface area contributed by atoms with Gasteiger partial charge in [-0.15, -0.1) is 0 Å². The van der Waals surface area contributed by atoms with E-state index in [1.807, 2.05) is 25.1 Å².